The van der Waals surface area contributed by atoms with Crippen molar-refractivity contribution in [3.8, 4) is 10.6 Å². The quantitative estimate of drug-likeness (QED) is 0.518. The summed E-state index contributed by atoms with van der Waals surface area (Å²) >= 11 is 2.94. The number of carbonyl (C=O) groups is 2. The van der Waals surface area contributed by atoms with Gasteiger partial charge in [0, 0.05) is 22.7 Å². The number of rotatable bonds is 6. The molecular weight excluding hydrogens is 352 g/mol. The Morgan fingerprint density at radius 2 is 1.96 bits per heavy atom. The van der Waals surface area contributed by atoms with Gasteiger partial charge in [0.25, 0.3) is 0 Å². The first kappa shape index (κ1) is 17.3. The predicted molar refractivity (Wildman–Crippen MR) is 103 cm³/mol. The van der Waals surface area contributed by atoms with Crippen LogP contribution in [-0.4, -0.2) is 16.7 Å². The molecule has 4 nitrogen and oxygen atoms in total. The molecule has 0 fully saturated rings. The molecule has 3 rings (SSSR count). The summed E-state index contributed by atoms with van der Waals surface area (Å²) in [5.41, 5.74) is 1.84. The molecular formula is C19H16N2O2S2. The fraction of sp³-hybridized carbons (Fsp3) is 0.105. The minimum absolute atomic E-state index is 0.0617. The third-order valence-corrected chi connectivity index (χ3v) is 5.37. The zero-order valence-corrected chi connectivity index (χ0v) is 15.2. The standard InChI is InChI=1S/C19H16N2O2S2/c1-13(22)20-11-16-8-10-18(25-16)17(23)9-7-15-12-24-19(21-15)14-5-3-2-4-6-14/h2-10,12H,11H2,1H3,(H,20,22). The highest BCUT2D eigenvalue weighted by molar-refractivity contribution is 7.14. The van der Waals surface area contributed by atoms with Gasteiger partial charge >= 0.3 is 0 Å². The van der Waals surface area contributed by atoms with E-state index in [9.17, 15) is 9.59 Å². The lowest BCUT2D eigenvalue weighted by atomic mass is 10.2. The summed E-state index contributed by atoms with van der Waals surface area (Å²) in [5, 5.41) is 5.59. The van der Waals surface area contributed by atoms with Gasteiger partial charge in [0.1, 0.15) is 5.01 Å². The van der Waals surface area contributed by atoms with Gasteiger partial charge in [-0.2, -0.15) is 0 Å². The molecule has 0 unspecified atom stereocenters. The number of hydrogen-bond acceptors (Lipinski definition) is 5. The summed E-state index contributed by atoms with van der Waals surface area (Å²) in [4.78, 5) is 29.3. The van der Waals surface area contributed by atoms with Crippen LogP contribution in [0.1, 0.15) is 27.2 Å². The Hall–Kier alpha value is -2.57. The third kappa shape index (κ3) is 4.71. The lowest BCUT2D eigenvalue weighted by molar-refractivity contribution is -0.119. The lowest BCUT2D eigenvalue weighted by Gasteiger charge is -1.96. The van der Waals surface area contributed by atoms with Gasteiger partial charge in [-0.05, 0) is 24.3 Å². The minimum atomic E-state index is -0.0843. The summed E-state index contributed by atoms with van der Waals surface area (Å²) in [7, 11) is 0. The molecule has 0 saturated carbocycles. The van der Waals surface area contributed by atoms with Gasteiger partial charge in [0.05, 0.1) is 17.1 Å². The molecule has 126 valence electrons. The van der Waals surface area contributed by atoms with Crippen molar-refractivity contribution < 1.29 is 9.59 Å². The van der Waals surface area contributed by atoms with E-state index < -0.39 is 0 Å². The highest BCUT2D eigenvalue weighted by Crippen LogP contribution is 2.24. The van der Waals surface area contributed by atoms with Crippen molar-refractivity contribution in [2.45, 2.75) is 13.5 Å². The number of nitrogens with one attached hydrogen (secondary N) is 1. The molecule has 0 saturated heterocycles. The van der Waals surface area contributed by atoms with Crippen LogP contribution in [0.25, 0.3) is 16.6 Å². The Labute approximate surface area is 153 Å². The lowest BCUT2D eigenvalue weighted by Crippen LogP contribution is -2.18. The van der Waals surface area contributed by atoms with E-state index in [2.05, 4.69) is 10.3 Å². The van der Waals surface area contributed by atoms with Gasteiger partial charge < -0.3 is 5.32 Å². The summed E-state index contributed by atoms with van der Waals surface area (Å²) < 4.78 is 0. The molecule has 2 heterocycles. The van der Waals surface area contributed by atoms with Crippen LogP contribution in [0.3, 0.4) is 0 Å². The monoisotopic (exact) mass is 368 g/mol. The first-order valence-electron chi connectivity index (χ1n) is 7.68. The molecule has 0 atom stereocenters. The number of ketones is 1. The molecule has 0 bridgehead atoms. The number of nitrogens with zero attached hydrogens (tertiary/aromatic N) is 1. The van der Waals surface area contributed by atoms with Crippen LogP contribution in [0.5, 0.6) is 0 Å². The largest absolute Gasteiger partial charge is 0.351 e. The van der Waals surface area contributed by atoms with Crippen LogP contribution >= 0.6 is 22.7 Å². The number of hydrogen-bond donors (Lipinski definition) is 1. The molecule has 1 N–H and O–H groups in total. The van der Waals surface area contributed by atoms with Gasteiger partial charge in [-0.3, -0.25) is 9.59 Å². The number of carbonyl (C=O) groups excluding carboxylic acids is 2. The molecule has 0 aliphatic heterocycles. The normalized spacial score (nSPS) is 10.9. The number of thiophene rings is 1. The number of thiazole rings is 1. The van der Waals surface area contributed by atoms with Crippen LogP contribution in [0.2, 0.25) is 0 Å². The van der Waals surface area contributed by atoms with E-state index in [0.29, 0.717) is 11.4 Å². The van der Waals surface area contributed by atoms with E-state index in [4.69, 9.17) is 0 Å². The average Bonchev–Trinajstić information content (AvgIpc) is 3.28. The molecule has 0 radical (unpaired) electrons. The van der Waals surface area contributed by atoms with Crippen LogP contribution in [0, 0.1) is 0 Å². The van der Waals surface area contributed by atoms with E-state index >= 15 is 0 Å². The number of allylic oxidation sites excluding steroid dienone is 1. The van der Waals surface area contributed by atoms with Gasteiger partial charge in [-0.1, -0.05) is 30.3 Å². The van der Waals surface area contributed by atoms with Crippen molar-refractivity contribution in [3.05, 3.63) is 69.4 Å². The van der Waals surface area contributed by atoms with Crippen molar-refractivity contribution >= 4 is 40.4 Å². The predicted octanol–water partition coefficient (Wildman–Crippen LogP) is 4.40. The Morgan fingerprint density at radius 1 is 1.16 bits per heavy atom. The topological polar surface area (TPSA) is 59.1 Å². The zero-order chi connectivity index (χ0) is 17.6. The number of aromatic nitrogens is 1. The van der Waals surface area contributed by atoms with Gasteiger partial charge in [-0.25, -0.2) is 4.98 Å². The Bertz CT molecular complexity index is 910. The van der Waals surface area contributed by atoms with Gasteiger partial charge in [0.15, 0.2) is 5.78 Å². The molecule has 2 aromatic heterocycles. The maximum atomic E-state index is 12.3. The van der Waals surface area contributed by atoms with Crippen molar-refractivity contribution in [1.29, 1.82) is 0 Å². The summed E-state index contributed by atoms with van der Waals surface area (Å²) in [6.07, 6.45) is 3.27. The second kappa shape index (κ2) is 8.00. The third-order valence-electron chi connectivity index (χ3n) is 3.36. The number of benzene rings is 1. The Morgan fingerprint density at radius 3 is 2.72 bits per heavy atom. The highest BCUT2D eigenvalue weighted by Gasteiger charge is 2.07. The highest BCUT2D eigenvalue weighted by atomic mass is 32.1. The minimum Gasteiger partial charge on any atom is -0.351 e. The van der Waals surface area contributed by atoms with Crippen LogP contribution in [-0.2, 0) is 11.3 Å². The fourth-order valence-corrected chi connectivity index (χ4v) is 3.80. The molecule has 6 heteroatoms. The van der Waals surface area contributed by atoms with Crippen molar-refractivity contribution in [2.75, 3.05) is 0 Å². The van der Waals surface area contributed by atoms with Crippen LogP contribution in [0.4, 0.5) is 0 Å². The number of amides is 1. The molecule has 0 spiro atoms. The second-order valence-electron chi connectivity index (χ2n) is 5.32. The smallest absolute Gasteiger partial charge is 0.217 e. The Kier molecular flexibility index (Phi) is 5.53. The SMILES string of the molecule is CC(=O)NCc1ccc(C(=O)C=Cc2csc(-c3ccccc3)n2)s1. The van der Waals surface area contributed by atoms with E-state index in [-0.39, 0.29) is 11.7 Å². The van der Waals surface area contributed by atoms with Crippen molar-refractivity contribution in [2.24, 2.45) is 0 Å². The van der Waals surface area contributed by atoms with Crippen molar-refractivity contribution in [3.63, 3.8) is 0 Å². The molecule has 1 aromatic carbocycles. The molecule has 0 aliphatic rings. The fourth-order valence-electron chi connectivity index (χ4n) is 2.14. The summed E-state index contributed by atoms with van der Waals surface area (Å²) in [6.45, 7) is 1.92. The molecule has 3 aromatic rings. The van der Waals surface area contributed by atoms with E-state index in [1.165, 1.54) is 24.3 Å². The van der Waals surface area contributed by atoms with Gasteiger partial charge in [0.2, 0.25) is 5.91 Å². The molecule has 0 aliphatic carbocycles. The summed E-state index contributed by atoms with van der Waals surface area (Å²) in [5.74, 6) is -0.146. The zero-order valence-electron chi connectivity index (χ0n) is 13.6. The first-order valence-corrected chi connectivity index (χ1v) is 9.38. The molecule has 1 amide bonds. The Balaban J connectivity index is 1.65. The van der Waals surface area contributed by atoms with E-state index in [0.717, 1.165) is 21.1 Å². The summed E-state index contributed by atoms with van der Waals surface area (Å²) in [6, 6.07) is 13.6. The van der Waals surface area contributed by atoms with E-state index in [1.807, 2.05) is 41.8 Å². The average molecular weight is 368 g/mol. The van der Waals surface area contributed by atoms with Crippen LogP contribution < -0.4 is 5.32 Å². The first-order chi connectivity index (χ1) is 12.1. The molecule has 25 heavy (non-hydrogen) atoms. The van der Waals surface area contributed by atoms with E-state index in [1.54, 1.807) is 23.5 Å². The second-order valence-corrected chi connectivity index (χ2v) is 7.34. The maximum Gasteiger partial charge on any atom is 0.217 e. The maximum absolute atomic E-state index is 12.3. The van der Waals surface area contributed by atoms with Gasteiger partial charge in [-0.15, -0.1) is 22.7 Å². The van der Waals surface area contributed by atoms with Crippen molar-refractivity contribution in [1.82, 2.24) is 10.3 Å². The van der Waals surface area contributed by atoms with Crippen LogP contribution in [0.15, 0.2) is 53.9 Å².